The number of nitrogens with zero attached hydrogens (tertiary/aromatic N) is 2. The highest BCUT2D eigenvalue weighted by molar-refractivity contribution is 7.89. The van der Waals surface area contributed by atoms with E-state index in [-0.39, 0.29) is 12.5 Å². The lowest BCUT2D eigenvalue weighted by atomic mass is 9.98. The van der Waals surface area contributed by atoms with Crippen molar-refractivity contribution in [3.63, 3.8) is 0 Å². The van der Waals surface area contributed by atoms with Crippen LogP contribution in [0.5, 0.6) is 0 Å². The third kappa shape index (κ3) is 5.23. The van der Waals surface area contributed by atoms with E-state index in [4.69, 9.17) is 5.11 Å². The quantitative estimate of drug-likeness (QED) is 0.750. The maximum atomic E-state index is 12.9. The van der Waals surface area contributed by atoms with Crippen LogP contribution >= 0.6 is 0 Å². The van der Waals surface area contributed by atoms with Crippen LogP contribution in [0.2, 0.25) is 0 Å². The Labute approximate surface area is 172 Å². The van der Waals surface area contributed by atoms with Gasteiger partial charge in [-0.15, -0.1) is 0 Å². The van der Waals surface area contributed by atoms with Crippen molar-refractivity contribution in [1.82, 2.24) is 9.21 Å². The molecule has 6 nitrogen and oxygen atoms in total. The molecule has 0 unspecified atom stereocenters. The largest absolute Gasteiger partial charge is 0.481 e. The number of rotatable bonds is 7. The molecule has 1 saturated heterocycles. The Morgan fingerprint density at radius 3 is 1.97 bits per heavy atom. The first-order chi connectivity index (χ1) is 13.8. The normalized spacial score (nSPS) is 17.2. The monoisotopic (exact) mass is 416 g/mol. The van der Waals surface area contributed by atoms with Crippen molar-refractivity contribution >= 4 is 16.0 Å². The van der Waals surface area contributed by atoms with Crippen molar-refractivity contribution in [1.29, 1.82) is 0 Å². The topological polar surface area (TPSA) is 77.9 Å². The van der Waals surface area contributed by atoms with E-state index in [1.165, 1.54) is 4.31 Å². The second-order valence-corrected chi connectivity index (χ2v) is 9.55. The SMILES string of the molecule is Cc1ccc([C@H](CCC(=O)O)N2CCN(S(=O)(=O)c3ccc(C)cc3)CC2)cc1. The molecule has 0 spiro atoms. The molecule has 29 heavy (non-hydrogen) atoms. The van der Waals surface area contributed by atoms with Crippen LogP contribution in [0, 0.1) is 13.8 Å². The Kier molecular flexibility index (Phi) is 6.72. The number of benzene rings is 2. The zero-order valence-electron chi connectivity index (χ0n) is 16.9. The van der Waals surface area contributed by atoms with E-state index in [0.29, 0.717) is 37.5 Å². The zero-order chi connectivity index (χ0) is 21.0. The number of piperazine rings is 1. The van der Waals surface area contributed by atoms with E-state index in [0.717, 1.165) is 16.7 Å². The van der Waals surface area contributed by atoms with Crippen molar-refractivity contribution in [2.24, 2.45) is 0 Å². The molecule has 2 aromatic rings. The van der Waals surface area contributed by atoms with Gasteiger partial charge in [-0.05, 0) is 38.0 Å². The van der Waals surface area contributed by atoms with Gasteiger partial charge in [0.2, 0.25) is 10.0 Å². The Bertz CT molecular complexity index is 932. The van der Waals surface area contributed by atoms with Crippen LogP contribution in [0.4, 0.5) is 0 Å². The van der Waals surface area contributed by atoms with Crippen LogP contribution in [-0.2, 0) is 14.8 Å². The molecule has 1 fully saturated rings. The van der Waals surface area contributed by atoms with Crippen LogP contribution in [0.1, 0.15) is 35.6 Å². The Morgan fingerprint density at radius 1 is 0.931 bits per heavy atom. The minimum Gasteiger partial charge on any atom is -0.481 e. The summed E-state index contributed by atoms with van der Waals surface area (Å²) in [7, 11) is -3.51. The van der Waals surface area contributed by atoms with E-state index < -0.39 is 16.0 Å². The maximum Gasteiger partial charge on any atom is 0.303 e. The number of carboxylic acids is 1. The molecule has 0 saturated carbocycles. The average molecular weight is 417 g/mol. The van der Waals surface area contributed by atoms with Gasteiger partial charge in [0.15, 0.2) is 0 Å². The number of hydrogen-bond acceptors (Lipinski definition) is 4. The van der Waals surface area contributed by atoms with Crippen LogP contribution in [0.25, 0.3) is 0 Å². The molecule has 0 aromatic heterocycles. The summed E-state index contributed by atoms with van der Waals surface area (Å²) in [5.74, 6) is -0.817. The third-order valence-corrected chi connectivity index (χ3v) is 7.38. The highest BCUT2D eigenvalue weighted by Crippen LogP contribution is 2.28. The summed E-state index contributed by atoms with van der Waals surface area (Å²) in [6, 6.07) is 15.0. The summed E-state index contributed by atoms with van der Waals surface area (Å²) in [5.41, 5.74) is 3.25. The summed E-state index contributed by atoms with van der Waals surface area (Å²) in [5, 5.41) is 9.14. The molecular weight excluding hydrogens is 388 g/mol. The van der Waals surface area contributed by atoms with Crippen molar-refractivity contribution in [2.45, 2.75) is 37.6 Å². The summed E-state index contributed by atoms with van der Waals surface area (Å²) < 4.78 is 27.4. The van der Waals surface area contributed by atoms with E-state index in [2.05, 4.69) is 4.90 Å². The summed E-state index contributed by atoms with van der Waals surface area (Å²) in [6.45, 7) is 5.88. The number of sulfonamides is 1. The number of aliphatic carboxylic acids is 1. The standard InChI is InChI=1S/C22H28N2O4S/c1-17-3-7-19(8-4-17)21(11-12-22(25)26)23-13-15-24(16-14-23)29(27,28)20-9-5-18(2)6-10-20/h3-10,21H,11-16H2,1-2H3,(H,25,26)/t21-/m0/s1. The number of hydrogen-bond donors (Lipinski definition) is 1. The van der Waals surface area contributed by atoms with Gasteiger partial charge in [0.1, 0.15) is 0 Å². The van der Waals surface area contributed by atoms with E-state index in [1.807, 2.05) is 50.2 Å². The summed E-state index contributed by atoms with van der Waals surface area (Å²) >= 11 is 0. The van der Waals surface area contributed by atoms with Crippen molar-refractivity contribution < 1.29 is 18.3 Å². The molecule has 0 radical (unpaired) electrons. The molecule has 7 heteroatoms. The van der Waals surface area contributed by atoms with Gasteiger partial charge >= 0.3 is 5.97 Å². The third-order valence-electron chi connectivity index (χ3n) is 5.47. The average Bonchev–Trinajstić information content (AvgIpc) is 2.70. The fourth-order valence-corrected chi connectivity index (χ4v) is 5.15. The highest BCUT2D eigenvalue weighted by Gasteiger charge is 2.31. The molecule has 3 rings (SSSR count). The minimum absolute atomic E-state index is 0.0315. The molecule has 156 valence electrons. The number of carboxylic acid groups (broad SMARTS) is 1. The number of carbonyl (C=O) groups is 1. The lowest BCUT2D eigenvalue weighted by Gasteiger charge is -2.39. The van der Waals surface area contributed by atoms with E-state index >= 15 is 0 Å². The summed E-state index contributed by atoms with van der Waals surface area (Å²) in [6.07, 6.45) is 0.587. The first kappa shape index (κ1) is 21.5. The predicted octanol–water partition coefficient (Wildman–Crippen LogP) is 3.22. The van der Waals surface area contributed by atoms with E-state index in [1.54, 1.807) is 12.1 Å². The van der Waals surface area contributed by atoms with Crippen LogP contribution in [0.15, 0.2) is 53.4 Å². The van der Waals surface area contributed by atoms with Crippen LogP contribution in [0.3, 0.4) is 0 Å². The molecule has 2 aromatic carbocycles. The molecule has 0 aliphatic carbocycles. The maximum absolute atomic E-state index is 12.9. The molecule has 1 aliphatic heterocycles. The lowest BCUT2D eigenvalue weighted by Crippen LogP contribution is -2.49. The van der Waals surface area contributed by atoms with E-state index in [9.17, 15) is 13.2 Å². The second-order valence-electron chi connectivity index (χ2n) is 7.61. The second kappa shape index (κ2) is 9.07. The van der Waals surface area contributed by atoms with Crippen molar-refractivity contribution in [3.8, 4) is 0 Å². The fourth-order valence-electron chi connectivity index (χ4n) is 3.72. The molecule has 0 bridgehead atoms. The first-order valence-corrected chi connectivity index (χ1v) is 11.3. The van der Waals surface area contributed by atoms with Crippen molar-refractivity contribution in [2.75, 3.05) is 26.2 Å². The number of aryl methyl sites for hydroxylation is 2. The lowest BCUT2D eigenvalue weighted by molar-refractivity contribution is -0.137. The van der Waals surface area contributed by atoms with Crippen LogP contribution < -0.4 is 0 Å². The molecule has 0 amide bonds. The smallest absolute Gasteiger partial charge is 0.303 e. The molecular formula is C22H28N2O4S. The molecule has 1 N–H and O–H groups in total. The molecule has 1 heterocycles. The Morgan fingerprint density at radius 2 is 1.45 bits per heavy atom. The predicted molar refractivity (Wildman–Crippen MR) is 112 cm³/mol. The molecule has 1 aliphatic rings. The zero-order valence-corrected chi connectivity index (χ0v) is 17.7. The van der Waals surface area contributed by atoms with Gasteiger partial charge in [0, 0.05) is 38.6 Å². The van der Waals surface area contributed by atoms with Gasteiger partial charge in [0.05, 0.1) is 4.90 Å². The van der Waals surface area contributed by atoms with Crippen molar-refractivity contribution in [3.05, 3.63) is 65.2 Å². The van der Waals surface area contributed by atoms with Gasteiger partial charge in [0.25, 0.3) is 0 Å². The van der Waals surface area contributed by atoms with Gasteiger partial charge < -0.3 is 5.11 Å². The fraction of sp³-hybridized carbons (Fsp3) is 0.409. The van der Waals surface area contributed by atoms with Gasteiger partial charge in [-0.1, -0.05) is 47.5 Å². The summed E-state index contributed by atoms with van der Waals surface area (Å²) in [4.78, 5) is 13.7. The Balaban J connectivity index is 1.72. The highest BCUT2D eigenvalue weighted by atomic mass is 32.2. The minimum atomic E-state index is -3.51. The van der Waals surface area contributed by atoms with Crippen LogP contribution in [-0.4, -0.2) is 54.9 Å². The Hall–Kier alpha value is -2.22. The van der Waals surface area contributed by atoms with Gasteiger partial charge in [-0.2, -0.15) is 4.31 Å². The molecule has 1 atom stereocenters. The first-order valence-electron chi connectivity index (χ1n) is 9.86. The van der Waals surface area contributed by atoms with Gasteiger partial charge in [-0.25, -0.2) is 8.42 Å². The van der Waals surface area contributed by atoms with Gasteiger partial charge in [-0.3, -0.25) is 9.69 Å².